The van der Waals surface area contributed by atoms with Crippen molar-refractivity contribution in [3.63, 3.8) is 0 Å². The maximum absolute atomic E-state index is 11.6. The minimum absolute atomic E-state index is 0.0634. The zero-order valence-corrected chi connectivity index (χ0v) is 9.67. The number of halogens is 1. The van der Waals surface area contributed by atoms with E-state index in [1.165, 1.54) is 6.20 Å². The van der Waals surface area contributed by atoms with E-state index >= 15 is 0 Å². The van der Waals surface area contributed by atoms with E-state index in [9.17, 15) is 4.79 Å². The summed E-state index contributed by atoms with van der Waals surface area (Å²) >= 11 is 3.36. The van der Waals surface area contributed by atoms with Crippen LogP contribution in [0.3, 0.4) is 0 Å². The number of nitrogens with one attached hydrogen (secondary N) is 2. The van der Waals surface area contributed by atoms with Gasteiger partial charge in [0.2, 0.25) is 0 Å². The second-order valence-corrected chi connectivity index (χ2v) is 3.84. The number of H-pyrrole nitrogens is 1. The lowest BCUT2D eigenvalue weighted by atomic mass is 10.1. The first-order valence-electron chi connectivity index (χ1n) is 4.63. The second-order valence-electron chi connectivity index (χ2n) is 3.04. The van der Waals surface area contributed by atoms with Crippen molar-refractivity contribution < 1.29 is 4.79 Å². The average molecular weight is 260 g/mol. The molecule has 1 amide bonds. The lowest BCUT2D eigenvalue weighted by Crippen LogP contribution is -2.34. The van der Waals surface area contributed by atoms with E-state index in [2.05, 4.69) is 38.4 Å². The highest BCUT2D eigenvalue weighted by Gasteiger charge is 2.11. The first-order valence-corrected chi connectivity index (χ1v) is 5.75. The van der Waals surface area contributed by atoms with Gasteiger partial charge in [0.05, 0.1) is 11.8 Å². The topological polar surface area (TPSA) is 57.8 Å². The third-order valence-corrected chi connectivity index (χ3v) is 2.50. The summed E-state index contributed by atoms with van der Waals surface area (Å²) in [6.07, 6.45) is 5.00. The van der Waals surface area contributed by atoms with E-state index in [1.807, 2.05) is 0 Å². The van der Waals surface area contributed by atoms with Crippen molar-refractivity contribution in [3.8, 4) is 0 Å². The number of amides is 1. The Morgan fingerprint density at radius 1 is 1.79 bits per heavy atom. The molecule has 0 aliphatic rings. The number of carbonyl (C=O) groups is 1. The summed E-state index contributed by atoms with van der Waals surface area (Å²) in [6.45, 7) is 2.06. The minimum atomic E-state index is -0.0634. The molecule has 5 heteroatoms. The van der Waals surface area contributed by atoms with Crippen LogP contribution >= 0.6 is 15.9 Å². The van der Waals surface area contributed by atoms with Crippen LogP contribution in [-0.2, 0) is 0 Å². The van der Waals surface area contributed by atoms with Gasteiger partial charge in [0.15, 0.2) is 0 Å². The third-order valence-electron chi connectivity index (χ3n) is 2.05. The Labute approximate surface area is 91.6 Å². The van der Waals surface area contributed by atoms with Crippen LogP contribution in [0.25, 0.3) is 0 Å². The van der Waals surface area contributed by atoms with Crippen LogP contribution in [0.1, 0.15) is 30.1 Å². The first kappa shape index (κ1) is 11.2. The summed E-state index contributed by atoms with van der Waals surface area (Å²) in [5, 5.41) is 10.2. The lowest BCUT2D eigenvalue weighted by molar-refractivity contribution is 0.0935. The molecule has 1 aromatic rings. The number of carbonyl (C=O) groups excluding carboxylic acids is 1. The number of aromatic nitrogens is 2. The largest absolute Gasteiger partial charge is 0.349 e. The molecule has 1 heterocycles. The normalized spacial score (nSPS) is 12.4. The summed E-state index contributed by atoms with van der Waals surface area (Å²) in [5.41, 5.74) is 0.582. The molecule has 0 aliphatic heterocycles. The van der Waals surface area contributed by atoms with E-state index in [0.29, 0.717) is 5.56 Å². The number of hydrogen-bond donors (Lipinski definition) is 2. The van der Waals surface area contributed by atoms with Crippen molar-refractivity contribution in [3.05, 3.63) is 18.0 Å². The number of alkyl halides is 1. The Kier molecular flexibility index (Phi) is 4.65. The van der Waals surface area contributed by atoms with Crippen LogP contribution in [0.15, 0.2) is 12.4 Å². The van der Waals surface area contributed by atoms with Crippen LogP contribution < -0.4 is 5.32 Å². The molecule has 0 aliphatic carbocycles. The molecule has 14 heavy (non-hydrogen) atoms. The van der Waals surface area contributed by atoms with Gasteiger partial charge in [0.1, 0.15) is 0 Å². The maximum atomic E-state index is 11.6. The van der Waals surface area contributed by atoms with Gasteiger partial charge < -0.3 is 5.32 Å². The van der Waals surface area contributed by atoms with Crippen LogP contribution in [0, 0.1) is 0 Å². The van der Waals surface area contributed by atoms with Gasteiger partial charge in [-0.15, -0.1) is 0 Å². The molecular weight excluding hydrogens is 246 g/mol. The average Bonchev–Trinajstić information content (AvgIpc) is 2.69. The number of aromatic amines is 1. The van der Waals surface area contributed by atoms with Crippen molar-refractivity contribution in [1.82, 2.24) is 15.5 Å². The standard InChI is InChI=1S/C9H14BrN3O/c1-2-8(3-4-10)13-9(14)7-5-11-12-6-7/h5-6,8H,2-4H2,1H3,(H,11,12)(H,13,14). The van der Waals surface area contributed by atoms with Gasteiger partial charge in [-0.05, 0) is 12.8 Å². The highest BCUT2D eigenvalue weighted by Crippen LogP contribution is 2.02. The monoisotopic (exact) mass is 259 g/mol. The summed E-state index contributed by atoms with van der Waals surface area (Å²) < 4.78 is 0. The summed E-state index contributed by atoms with van der Waals surface area (Å²) in [5.74, 6) is -0.0634. The van der Waals surface area contributed by atoms with Gasteiger partial charge in [0, 0.05) is 17.6 Å². The molecule has 1 rings (SSSR count). The highest BCUT2D eigenvalue weighted by molar-refractivity contribution is 9.09. The molecule has 0 saturated heterocycles. The highest BCUT2D eigenvalue weighted by atomic mass is 79.9. The Hall–Kier alpha value is -0.840. The fraction of sp³-hybridized carbons (Fsp3) is 0.556. The zero-order chi connectivity index (χ0) is 10.4. The smallest absolute Gasteiger partial charge is 0.254 e. The molecule has 4 nitrogen and oxygen atoms in total. The molecule has 0 fully saturated rings. The predicted octanol–water partition coefficient (Wildman–Crippen LogP) is 1.70. The second kappa shape index (κ2) is 5.80. The van der Waals surface area contributed by atoms with Crippen molar-refractivity contribution in [2.75, 3.05) is 5.33 Å². The predicted molar refractivity (Wildman–Crippen MR) is 58.5 cm³/mol. The molecule has 1 aromatic heterocycles. The van der Waals surface area contributed by atoms with Crippen LogP contribution in [0.2, 0.25) is 0 Å². The zero-order valence-electron chi connectivity index (χ0n) is 8.09. The molecule has 0 aromatic carbocycles. The lowest BCUT2D eigenvalue weighted by Gasteiger charge is -2.14. The van der Waals surface area contributed by atoms with E-state index in [-0.39, 0.29) is 11.9 Å². The minimum Gasteiger partial charge on any atom is -0.349 e. The summed E-state index contributed by atoms with van der Waals surface area (Å²) in [6, 6.07) is 0.233. The fourth-order valence-electron chi connectivity index (χ4n) is 1.15. The molecule has 1 unspecified atom stereocenters. The number of hydrogen-bond acceptors (Lipinski definition) is 2. The molecule has 0 bridgehead atoms. The molecule has 0 saturated carbocycles. The molecule has 0 spiro atoms. The van der Waals surface area contributed by atoms with Gasteiger partial charge >= 0.3 is 0 Å². The van der Waals surface area contributed by atoms with Crippen molar-refractivity contribution in [2.24, 2.45) is 0 Å². The molecule has 1 atom stereocenters. The number of rotatable bonds is 5. The van der Waals surface area contributed by atoms with Gasteiger partial charge in [-0.1, -0.05) is 22.9 Å². The first-order chi connectivity index (χ1) is 6.77. The van der Waals surface area contributed by atoms with Crippen molar-refractivity contribution in [1.29, 1.82) is 0 Å². The van der Waals surface area contributed by atoms with E-state index in [1.54, 1.807) is 6.20 Å². The molecule has 78 valence electrons. The summed E-state index contributed by atoms with van der Waals surface area (Å²) in [4.78, 5) is 11.6. The van der Waals surface area contributed by atoms with Crippen molar-refractivity contribution >= 4 is 21.8 Å². The van der Waals surface area contributed by atoms with Crippen LogP contribution in [0.5, 0.6) is 0 Å². The maximum Gasteiger partial charge on any atom is 0.254 e. The Morgan fingerprint density at radius 3 is 3.07 bits per heavy atom. The van der Waals surface area contributed by atoms with Crippen LogP contribution in [-0.4, -0.2) is 27.5 Å². The Morgan fingerprint density at radius 2 is 2.57 bits per heavy atom. The molecule has 2 N–H and O–H groups in total. The van der Waals surface area contributed by atoms with Gasteiger partial charge in [-0.3, -0.25) is 9.89 Å². The molecule has 0 radical (unpaired) electrons. The fourth-order valence-corrected chi connectivity index (χ4v) is 1.71. The van der Waals surface area contributed by atoms with Gasteiger partial charge in [0.25, 0.3) is 5.91 Å². The SMILES string of the molecule is CCC(CCBr)NC(=O)c1cn[nH]c1. The Bertz CT molecular complexity index is 274. The Balaban J connectivity index is 2.47. The quantitative estimate of drug-likeness (QED) is 0.792. The van der Waals surface area contributed by atoms with E-state index < -0.39 is 0 Å². The van der Waals surface area contributed by atoms with Crippen LogP contribution in [0.4, 0.5) is 0 Å². The van der Waals surface area contributed by atoms with E-state index in [4.69, 9.17) is 0 Å². The van der Waals surface area contributed by atoms with E-state index in [0.717, 1.165) is 18.2 Å². The summed E-state index contributed by atoms with van der Waals surface area (Å²) in [7, 11) is 0. The third kappa shape index (κ3) is 3.14. The number of nitrogens with zero attached hydrogens (tertiary/aromatic N) is 1. The molecular formula is C9H14BrN3O. The van der Waals surface area contributed by atoms with Crippen molar-refractivity contribution in [2.45, 2.75) is 25.8 Å². The van der Waals surface area contributed by atoms with Gasteiger partial charge in [-0.2, -0.15) is 5.10 Å². The van der Waals surface area contributed by atoms with Gasteiger partial charge in [-0.25, -0.2) is 0 Å².